The van der Waals surface area contributed by atoms with Crippen molar-refractivity contribution in [3.8, 4) is 5.75 Å². The van der Waals surface area contributed by atoms with E-state index in [1.165, 1.54) is 13.2 Å². The number of ether oxygens (including phenoxy) is 4. The van der Waals surface area contributed by atoms with Crippen LogP contribution in [0, 0.1) is 0 Å². The number of methoxy groups -OCH3 is 1. The summed E-state index contributed by atoms with van der Waals surface area (Å²) in [5.74, 6) is -1.03. The molecule has 1 aliphatic heterocycles. The molecule has 1 aromatic carbocycles. The highest BCUT2D eigenvalue weighted by Gasteiger charge is 2.23. The number of esters is 1. The van der Waals surface area contributed by atoms with Gasteiger partial charge < -0.3 is 23.4 Å². The highest BCUT2D eigenvalue weighted by molar-refractivity contribution is 5.89. The first kappa shape index (κ1) is 19.1. The lowest BCUT2D eigenvalue weighted by atomic mass is 10.2. The lowest BCUT2D eigenvalue weighted by Crippen LogP contribution is -2.22. The minimum Gasteiger partial charge on any atom is -0.481 e. The fourth-order valence-corrected chi connectivity index (χ4v) is 2.71. The number of rotatable bonds is 7. The Morgan fingerprint density at radius 3 is 2.70 bits per heavy atom. The van der Waals surface area contributed by atoms with Crippen LogP contribution < -0.4 is 10.2 Å². The van der Waals surface area contributed by atoms with E-state index in [-0.39, 0.29) is 36.8 Å². The number of benzene rings is 1. The third kappa shape index (κ3) is 5.18. The second-order valence-electron chi connectivity index (χ2n) is 6.11. The van der Waals surface area contributed by atoms with Gasteiger partial charge in [0.25, 0.3) is 5.76 Å². The van der Waals surface area contributed by atoms with Crippen molar-refractivity contribution in [2.24, 2.45) is 0 Å². The Bertz CT molecular complexity index is 807. The van der Waals surface area contributed by atoms with Crippen LogP contribution in [0.25, 0.3) is 0 Å². The van der Waals surface area contributed by atoms with Gasteiger partial charge >= 0.3 is 5.97 Å². The predicted octanol–water partition coefficient (Wildman–Crippen LogP) is 3.05. The molecule has 0 bridgehead atoms. The Balaban J connectivity index is 1.76. The first-order valence-corrected chi connectivity index (χ1v) is 8.82. The Kier molecular flexibility index (Phi) is 6.62. The maximum Gasteiger partial charge on any atom is 0.378 e. The Morgan fingerprint density at radius 2 is 2.00 bits per heavy atom. The van der Waals surface area contributed by atoms with E-state index < -0.39 is 11.4 Å². The van der Waals surface area contributed by atoms with Gasteiger partial charge in [-0.2, -0.15) is 0 Å². The van der Waals surface area contributed by atoms with E-state index in [0.29, 0.717) is 6.61 Å². The molecule has 2 heterocycles. The minimum absolute atomic E-state index is 0.0167. The summed E-state index contributed by atoms with van der Waals surface area (Å²) in [6, 6.07) is 10.6. The highest BCUT2D eigenvalue weighted by Crippen LogP contribution is 2.20. The monoisotopic (exact) mass is 374 g/mol. The van der Waals surface area contributed by atoms with E-state index in [0.717, 1.165) is 24.8 Å². The molecule has 144 valence electrons. The first-order chi connectivity index (χ1) is 13.2. The van der Waals surface area contributed by atoms with Crippen LogP contribution in [0.4, 0.5) is 0 Å². The van der Waals surface area contributed by atoms with Crippen molar-refractivity contribution in [3.05, 3.63) is 63.7 Å². The summed E-state index contributed by atoms with van der Waals surface area (Å²) in [5, 5.41) is 0. The fourth-order valence-electron chi connectivity index (χ4n) is 2.71. The SMILES string of the molecule is COC(=O)c1oc(COC2CCCCO2)cc(=O)c1OCc1ccccc1. The molecule has 0 N–H and O–H groups in total. The molecule has 1 atom stereocenters. The molecule has 1 unspecified atom stereocenters. The number of carbonyl (C=O) groups excluding carboxylic acids is 1. The smallest absolute Gasteiger partial charge is 0.378 e. The third-order valence-electron chi connectivity index (χ3n) is 4.10. The van der Waals surface area contributed by atoms with Gasteiger partial charge in [0.15, 0.2) is 6.29 Å². The van der Waals surface area contributed by atoms with E-state index >= 15 is 0 Å². The molecule has 2 aromatic rings. The Morgan fingerprint density at radius 1 is 1.19 bits per heavy atom. The topological polar surface area (TPSA) is 84.2 Å². The molecule has 3 rings (SSSR count). The van der Waals surface area contributed by atoms with E-state index in [9.17, 15) is 9.59 Å². The van der Waals surface area contributed by atoms with Gasteiger partial charge in [-0.05, 0) is 24.8 Å². The standard InChI is InChI=1S/C20H22O7/c1-23-20(22)19-18(26-12-14-7-3-2-4-8-14)16(21)11-15(27-19)13-25-17-9-5-6-10-24-17/h2-4,7-8,11,17H,5-6,9-10,12-13H2,1H3. The van der Waals surface area contributed by atoms with Crippen LogP contribution in [0.2, 0.25) is 0 Å². The van der Waals surface area contributed by atoms with Gasteiger partial charge in [0.05, 0.1) is 7.11 Å². The Hall–Kier alpha value is -2.64. The summed E-state index contributed by atoms with van der Waals surface area (Å²) < 4.78 is 26.9. The van der Waals surface area contributed by atoms with Gasteiger partial charge in [-0.25, -0.2) is 4.79 Å². The summed E-state index contributed by atoms with van der Waals surface area (Å²) in [4.78, 5) is 24.5. The van der Waals surface area contributed by atoms with Gasteiger partial charge in [0.2, 0.25) is 11.2 Å². The summed E-state index contributed by atoms with van der Waals surface area (Å²) in [5.41, 5.74) is 0.385. The molecule has 1 aromatic heterocycles. The zero-order valence-electron chi connectivity index (χ0n) is 15.1. The maximum absolute atomic E-state index is 12.5. The zero-order chi connectivity index (χ0) is 19.1. The molecule has 1 saturated heterocycles. The van der Waals surface area contributed by atoms with E-state index in [1.54, 1.807) is 0 Å². The number of hydrogen-bond donors (Lipinski definition) is 0. The maximum atomic E-state index is 12.5. The molecule has 0 amide bonds. The largest absolute Gasteiger partial charge is 0.481 e. The van der Waals surface area contributed by atoms with E-state index in [4.69, 9.17) is 23.4 Å². The normalized spacial score (nSPS) is 16.7. The summed E-state index contributed by atoms with van der Waals surface area (Å²) in [6.45, 7) is 0.790. The molecule has 7 heteroatoms. The van der Waals surface area contributed by atoms with Crippen LogP contribution in [0.5, 0.6) is 5.75 Å². The van der Waals surface area contributed by atoms with E-state index in [2.05, 4.69) is 0 Å². The van der Waals surface area contributed by atoms with E-state index in [1.807, 2.05) is 30.3 Å². The Labute approximate surface area is 156 Å². The van der Waals surface area contributed by atoms with Gasteiger partial charge in [0, 0.05) is 12.7 Å². The van der Waals surface area contributed by atoms with Gasteiger partial charge in [0.1, 0.15) is 19.0 Å². The van der Waals surface area contributed by atoms with Crippen LogP contribution in [0.1, 0.15) is 41.1 Å². The average Bonchev–Trinajstić information content (AvgIpc) is 2.72. The molecule has 0 saturated carbocycles. The van der Waals surface area contributed by atoms with Crippen molar-refractivity contribution in [3.63, 3.8) is 0 Å². The molecule has 0 spiro atoms. The van der Waals surface area contributed by atoms with Crippen molar-refractivity contribution in [1.29, 1.82) is 0 Å². The average molecular weight is 374 g/mol. The fraction of sp³-hybridized carbons (Fsp3) is 0.400. The molecular weight excluding hydrogens is 352 g/mol. The molecule has 27 heavy (non-hydrogen) atoms. The van der Waals surface area contributed by atoms with Crippen LogP contribution in [-0.4, -0.2) is 26.0 Å². The highest BCUT2D eigenvalue weighted by atomic mass is 16.7. The van der Waals surface area contributed by atoms with Crippen molar-refractivity contribution < 1.29 is 28.2 Å². The zero-order valence-corrected chi connectivity index (χ0v) is 15.1. The quantitative estimate of drug-likeness (QED) is 0.689. The molecule has 7 nitrogen and oxygen atoms in total. The molecule has 1 aliphatic rings. The van der Waals surface area contributed by atoms with Gasteiger partial charge in [-0.1, -0.05) is 30.3 Å². The number of carbonyl (C=O) groups is 1. The number of hydrogen-bond acceptors (Lipinski definition) is 7. The first-order valence-electron chi connectivity index (χ1n) is 8.82. The summed E-state index contributed by atoms with van der Waals surface area (Å²) in [7, 11) is 1.21. The van der Waals surface area contributed by atoms with Crippen molar-refractivity contribution in [2.45, 2.75) is 38.8 Å². The van der Waals surface area contributed by atoms with Crippen molar-refractivity contribution >= 4 is 5.97 Å². The third-order valence-corrected chi connectivity index (χ3v) is 4.10. The minimum atomic E-state index is -0.786. The lowest BCUT2D eigenvalue weighted by Gasteiger charge is -2.22. The van der Waals surface area contributed by atoms with Crippen LogP contribution in [0.3, 0.4) is 0 Å². The van der Waals surface area contributed by atoms with Gasteiger partial charge in [-0.15, -0.1) is 0 Å². The van der Waals surface area contributed by atoms with Crippen LogP contribution >= 0.6 is 0 Å². The van der Waals surface area contributed by atoms with Crippen molar-refractivity contribution in [1.82, 2.24) is 0 Å². The molecule has 0 radical (unpaired) electrons. The molecular formula is C20H22O7. The molecule has 0 aliphatic carbocycles. The second kappa shape index (κ2) is 9.34. The van der Waals surface area contributed by atoms with Crippen LogP contribution in [0.15, 0.2) is 45.6 Å². The van der Waals surface area contributed by atoms with Gasteiger partial charge in [-0.3, -0.25) is 4.79 Å². The lowest BCUT2D eigenvalue weighted by molar-refractivity contribution is -0.171. The summed E-state index contributed by atoms with van der Waals surface area (Å²) in [6.07, 6.45) is 2.48. The predicted molar refractivity (Wildman–Crippen MR) is 95.5 cm³/mol. The molecule has 1 fully saturated rings. The van der Waals surface area contributed by atoms with Crippen molar-refractivity contribution in [2.75, 3.05) is 13.7 Å². The summed E-state index contributed by atoms with van der Waals surface area (Å²) >= 11 is 0. The van der Waals surface area contributed by atoms with Crippen LogP contribution in [-0.2, 0) is 27.4 Å². The second-order valence-corrected chi connectivity index (χ2v) is 6.11.